The van der Waals surface area contributed by atoms with Gasteiger partial charge in [-0.1, -0.05) is 12.1 Å². The smallest absolute Gasteiger partial charge is 0.123 e. The number of rotatable bonds is 3. The minimum Gasteiger partial charge on any atom is -0.353 e. The van der Waals surface area contributed by atoms with Crippen LogP contribution >= 0.6 is 0 Å². The molecule has 0 saturated heterocycles. The molecule has 0 fully saturated rings. The lowest BCUT2D eigenvalue weighted by molar-refractivity contribution is 0.628. The van der Waals surface area contributed by atoms with Crippen molar-refractivity contribution in [2.75, 3.05) is 0 Å². The van der Waals surface area contributed by atoms with Crippen molar-refractivity contribution >= 4 is 21.8 Å². The number of nitrogens with zero attached hydrogens (tertiary/aromatic N) is 3. The highest BCUT2D eigenvalue weighted by Crippen LogP contribution is 2.34. The Kier molecular flexibility index (Phi) is 3.89. The lowest BCUT2D eigenvalue weighted by atomic mass is 10.1. The van der Waals surface area contributed by atoms with E-state index in [2.05, 4.69) is 31.2 Å². The number of nitrogens with one attached hydrogen (secondary N) is 2. The summed E-state index contributed by atoms with van der Waals surface area (Å²) in [4.78, 5) is 12.5. The van der Waals surface area contributed by atoms with E-state index in [9.17, 15) is 4.39 Å². The van der Waals surface area contributed by atoms with Crippen LogP contribution in [0.1, 0.15) is 0 Å². The molecule has 6 rings (SSSR count). The summed E-state index contributed by atoms with van der Waals surface area (Å²) in [5.74, 6) is -0.266. The van der Waals surface area contributed by atoms with Crippen LogP contribution in [0, 0.1) is 5.82 Å². The van der Waals surface area contributed by atoms with Crippen molar-refractivity contribution in [3.63, 3.8) is 0 Å². The Morgan fingerprint density at radius 3 is 2.35 bits per heavy atom. The minimum absolute atomic E-state index is 0.266. The van der Waals surface area contributed by atoms with E-state index in [1.807, 2.05) is 42.5 Å². The Morgan fingerprint density at radius 2 is 1.52 bits per heavy atom. The highest BCUT2D eigenvalue weighted by Gasteiger charge is 2.15. The third-order valence-electron chi connectivity index (χ3n) is 5.44. The Labute approximate surface area is 176 Å². The first-order chi connectivity index (χ1) is 15.3. The average molecular weight is 405 g/mol. The van der Waals surface area contributed by atoms with Gasteiger partial charge in [0.15, 0.2) is 0 Å². The number of aromatic nitrogens is 5. The number of fused-ring (bicyclic) bond motifs is 2. The fourth-order valence-corrected chi connectivity index (χ4v) is 3.93. The molecule has 31 heavy (non-hydrogen) atoms. The van der Waals surface area contributed by atoms with Crippen LogP contribution in [0.2, 0.25) is 0 Å². The van der Waals surface area contributed by atoms with Gasteiger partial charge < -0.3 is 4.98 Å². The van der Waals surface area contributed by atoms with E-state index in [4.69, 9.17) is 0 Å². The predicted molar refractivity (Wildman–Crippen MR) is 120 cm³/mol. The quantitative estimate of drug-likeness (QED) is 0.381. The van der Waals surface area contributed by atoms with E-state index >= 15 is 0 Å². The first-order valence-corrected chi connectivity index (χ1v) is 9.90. The van der Waals surface area contributed by atoms with E-state index in [0.29, 0.717) is 0 Å². The van der Waals surface area contributed by atoms with Gasteiger partial charge in [-0.3, -0.25) is 15.1 Å². The van der Waals surface area contributed by atoms with Gasteiger partial charge in [-0.2, -0.15) is 5.10 Å². The summed E-state index contributed by atoms with van der Waals surface area (Å²) in [6, 6.07) is 22.4. The molecule has 0 unspecified atom stereocenters. The van der Waals surface area contributed by atoms with Gasteiger partial charge in [-0.05, 0) is 60.7 Å². The second-order valence-electron chi connectivity index (χ2n) is 7.36. The average Bonchev–Trinajstić information content (AvgIpc) is 3.43. The van der Waals surface area contributed by atoms with Crippen LogP contribution in [-0.2, 0) is 0 Å². The van der Waals surface area contributed by atoms with E-state index < -0.39 is 0 Å². The summed E-state index contributed by atoms with van der Waals surface area (Å²) in [5, 5.41) is 9.64. The minimum atomic E-state index is -0.266. The maximum atomic E-state index is 13.4. The maximum Gasteiger partial charge on any atom is 0.123 e. The van der Waals surface area contributed by atoms with E-state index in [1.165, 1.54) is 12.1 Å². The van der Waals surface area contributed by atoms with Crippen molar-refractivity contribution in [3.8, 4) is 33.9 Å². The molecule has 148 valence electrons. The third-order valence-corrected chi connectivity index (χ3v) is 5.44. The van der Waals surface area contributed by atoms with Crippen molar-refractivity contribution in [1.82, 2.24) is 25.1 Å². The number of pyridine rings is 2. The van der Waals surface area contributed by atoms with E-state index in [-0.39, 0.29) is 5.82 Å². The molecule has 4 heterocycles. The molecule has 4 aromatic heterocycles. The number of hydrogen-bond acceptors (Lipinski definition) is 3. The van der Waals surface area contributed by atoms with Crippen LogP contribution in [0.3, 0.4) is 0 Å². The maximum absolute atomic E-state index is 13.4. The summed E-state index contributed by atoms with van der Waals surface area (Å²) < 4.78 is 13.4. The van der Waals surface area contributed by atoms with Gasteiger partial charge in [0, 0.05) is 39.8 Å². The SMILES string of the molecule is Fc1ccc(-c2nccc3[nH]c(-c4n[nH]c5ccc(-c6ccccn6)cc45)cc23)cc1. The molecule has 5 nitrogen and oxygen atoms in total. The molecular formula is C25H16FN5. The van der Waals surface area contributed by atoms with Crippen molar-refractivity contribution in [2.45, 2.75) is 0 Å². The van der Waals surface area contributed by atoms with E-state index in [1.54, 1.807) is 24.5 Å². The normalized spacial score (nSPS) is 11.4. The molecule has 0 aliphatic rings. The van der Waals surface area contributed by atoms with Crippen LogP contribution in [0.25, 0.3) is 55.7 Å². The monoisotopic (exact) mass is 405 g/mol. The molecule has 0 aliphatic heterocycles. The van der Waals surface area contributed by atoms with Gasteiger partial charge in [0.1, 0.15) is 11.5 Å². The Balaban J connectivity index is 1.51. The highest BCUT2D eigenvalue weighted by atomic mass is 19.1. The molecule has 0 spiro atoms. The standard InChI is InChI=1S/C25H16FN5/c26-17-7-4-15(5-8-17)24-19-14-23(29-21(19)10-12-28-24)25-18-13-16(6-9-22(18)30-31-25)20-3-1-2-11-27-20/h1-14,29H,(H,30,31). The molecule has 0 saturated carbocycles. The Morgan fingerprint density at radius 1 is 0.677 bits per heavy atom. The second-order valence-corrected chi connectivity index (χ2v) is 7.36. The summed E-state index contributed by atoms with van der Waals surface area (Å²) in [5.41, 5.74) is 7.21. The van der Waals surface area contributed by atoms with Gasteiger partial charge in [-0.25, -0.2) is 4.39 Å². The number of H-pyrrole nitrogens is 2. The van der Waals surface area contributed by atoms with Crippen molar-refractivity contribution < 1.29 is 4.39 Å². The zero-order valence-electron chi connectivity index (χ0n) is 16.3. The summed E-state index contributed by atoms with van der Waals surface area (Å²) in [6.07, 6.45) is 3.54. The van der Waals surface area contributed by atoms with Gasteiger partial charge in [0.05, 0.1) is 22.6 Å². The van der Waals surface area contributed by atoms with Crippen molar-refractivity contribution in [3.05, 3.63) is 91.0 Å². The summed E-state index contributed by atoms with van der Waals surface area (Å²) in [7, 11) is 0. The number of hydrogen-bond donors (Lipinski definition) is 2. The summed E-state index contributed by atoms with van der Waals surface area (Å²) >= 11 is 0. The van der Waals surface area contributed by atoms with E-state index in [0.717, 1.165) is 55.7 Å². The van der Waals surface area contributed by atoms with Gasteiger partial charge in [0.25, 0.3) is 0 Å². The fourth-order valence-electron chi connectivity index (χ4n) is 3.93. The number of benzene rings is 2. The molecule has 0 radical (unpaired) electrons. The predicted octanol–water partition coefficient (Wildman–Crippen LogP) is 5.97. The number of aromatic amines is 2. The van der Waals surface area contributed by atoms with Crippen LogP contribution in [0.4, 0.5) is 4.39 Å². The number of halogens is 1. The first-order valence-electron chi connectivity index (χ1n) is 9.90. The molecule has 6 aromatic rings. The molecule has 0 bridgehead atoms. The van der Waals surface area contributed by atoms with Crippen LogP contribution < -0.4 is 0 Å². The zero-order valence-corrected chi connectivity index (χ0v) is 16.3. The topological polar surface area (TPSA) is 70.2 Å². The zero-order chi connectivity index (χ0) is 20.8. The Bertz CT molecular complexity index is 1530. The fraction of sp³-hybridized carbons (Fsp3) is 0. The van der Waals surface area contributed by atoms with Crippen LogP contribution in [-0.4, -0.2) is 25.1 Å². The molecule has 6 heteroatoms. The third kappa shape index (κ3) is 2.97. The largest absolute Gasteiger partial charge is 0.353 e. The molecule has 0 aliphatic carbocycles. The summed E-state index contributed by atoms with van der Waals surface area (Å²) in [6.45, 7) is 0. The van der Waals surface area contributed by atoms with Crippen LogP contribution in [0.15, 0.2) is 85.2 Å². The van der Waals surface area contributed by atoms with Crippen molar-refractivity contribution in [1.29, 1.82) is 0 Å². The molecule has 2 N–H and O–H groups in total. The van der Waals surface area contributed by atoms with Crippen LogP contribution in [0.5, 0.6) is 0 Å². The van der Waals surface area contributed by atoms with Crippen molar-refractivity contribution in [2.24, 2.45) is 0 Å². The van der Waals surface area contributed by atoms with Gasteiger partial charge >= 0.3 is 0 Å². The molecular weight excluding hydrogens is 389 g/mol. The van der Waals surface area contributed by atoms with Gasteiger partial charge in [0.2, 0.25) is 0 Å². The Hall–Kier alpha value is -4.32. The first kappa shape index (κ1) is 17.5. The van der Waals surface area contributed by atoms with Gasteiger partial charge in [-0.15, -0.1) is 0 Å². The highest BCUT2D eigenvalue weighted by molar-refractivity contribution is 6.00. The lowest BCUT2D eigenvalue weighted by Gasteiger charge is -2.02. The molecule has 0 amide bonds. The lowest BCUT2D eigenvalue weighted by Crippen LogP contribution is -1.84. The molecule has 2 aromatic carbocycles. The second kappa shape index (κ2) is 6.88. The molecule has 0 atom stereocenters.